The molecule has 1 N–H and O–H groups in total. The average Bonchev–Trinajstić information content (AvgIpc) is 2.46. The third-order valence-corrected chi connectivity index (χ3v) is 4.56. The molecule has 1 aliphatic rings. The molecule has 0 spiro atoms. The number of nitrogens with zero attached hydrogens (tertiary/aromatic N) is 1. The van der Waals surface area contributed by atoms with Gasteiger partial charge in [0.2, 0.25) is 0 Å². The number of nitrogens with one attached hydrogen (secondary N) is 1. The van der Waals surface area contributed by atoms with Gasteiger partial charge in [0, 0.05) is 18.4 Å². The van der Waals surface area contributed by atoms with E-state index in [9.17, 15) is 0 Å². The Labute approximate surface area is 118 Å². The fourth-order valence-electron chi connectivity index (χ4n) is 3.32. The maximum Gasteiger partial charge on any atom is 0.0299 e. The Morgan fingerprint density at radius 2 is 2.11 bits per heavy atom. The van der Waals surface area contributed by atoms with Gasteiger partial charge in [0.05, 0.1) is 0 Å². The molecule has 0 aliphatic heterocycles. The highest BCUT2D eigenvalue weighted by atomic mass is 14.9. The smallest absolute Gasteiger partial charge is 0.0299 e. The van der Waals surface area contributed by atoms with Crippen molar-refractivity contribution in [2.45, 2.75) is 58.4 Å². The monoisotopic (exact) mass is 260 g/mol. The molecule has 1 fully saturated rings. The van der Waals surface area contributed by atoms with E-state index in [-0.39, 0.29) is 0 Å². The quantitative estimate of drug-likeness (QED) is 0.841. The highest BCUT2D eigenvalue weighted by Gasteiger charge is 2.25. The molecule has 0 aromatic carbocycles. The van der Waals surface area contributed by atoms with Gasteiger partial charge in [-0.25, -0.2) is 0 Å². The third kappa shape index (κ3) is 4.61. The standard InChI is InChI=1S/C17H28N2/c1-3-19-17(16-9-6-14(2)7-10-16)11-8-15-5-4-12-18-13-15/h4-5,12-14,16-17,19H,3,6-11H2,1-2H3. The summed E-state index contributed by atoms with van der Waals surface area (Å²) in [7, 11) is 0. The van der Waals surface area contributed by atoms with Crippen LogP contribution in [0.3, 0.4) is 0 Å². The summed E-state index contributed by atoms with van der Waals surface area (Å²) in [5.41, 5.74) is 1.37. The van der Waals surface area contributed by atoms with E-state index in [4.69, 9.17) is 0 Å². The Morgan fingerprint density at radius 1 is 1.32 bits per heavy atom. The van der Waals surface area contributed by atoms with Crippen LogP contribution in [-0.4, -0.2) is 17.6 Å². The lowest BCUT2D eigenvalue weighted by atomic mass is 9.78. The first kappa shape index (κ1) is 14.5. The molecule has 2 nitrogen and oxygen atoms in total. The molecule has 1 heterocycles. The zero-order chi connectivity index (χ0) is 13.5. The maximum absolute atomic E-state index is 4.21. The molecule has 19 heavy (non-hydrogen) atoms. The van der Waals surface area contributed by atoms with Crippen molar-refractivity contribution in [2.24, 2.45) is 11.8 Å². The third-order valence-electron chi connectivity index (χ3n) is 4.56. The van der Waals surface area contributed by atoms with E-state index < -0.39 is 0 Å². The molecule has 106 valence electrons. The van der Waals surface area contributed by atoms with Gasteiger partial charge in [-0.3, -0.25) is 4.98 Å². The van der Waals surface area contributed by atoms with Crippen LogP contribution in [0.2, 0.25) is 0 Å². The van der Waals surface area contributed by atoms with Crippen LogP contribution in [0.5, 0.6) is 0 Å². The molecular formula is C17H28N2. The summed E-state index contributed by atoms with van der Waals surface area (Å²) in [6, 6.07) is 4.93. The molecule has 2 heteroatoms. The first-order valence-electron chi connectivity index (χ1n) is 7.92. The van der Waals surface area contributed by atoms with Crippen molar-refractivity contribution < 1.29 is 0 Å². The normalized spacial score (nSPS) is 25.2. The number of aromatic nitrogens is 1. The van der Waals surface area contributed by atoms with E-state index in [2.05, 4.69) is 30.2 Å². The fourth-order valence-corrected chi connectivity index (χ4v) is 3.32. The van der Waals surface area contributed by atoms with Crippen LogP contribution < -0.4 is 5.32 Å². The van der Waals surface area contributed by atoms with Gasteiger partial charge in [-0.2, -0.15) is 0 Å². The van der Waals surface area contributed by atoms with Crippen LogP contribution in [0.25, 0.3) is 0 Å². The molecule has 0 saturated heterocycles. The van der Waals surface area contributed by atoms with E-state index in [0.29, 0.717) is 6.04 Å². The zero-order valence-corrected chi connectivity index (χ0v) is 12.4. The van der Waals surface area contributed by atoms with E-state index in [1.54, 1.807) is 0 Å². The van der Waals surface area contributed by atoms with Crippen molar-refractivity contribution in [3.63, 3.8) is 0 Å². The lowest BCUT2D eigenvalue weighted by Gasteiger charge is -2.33. The Bertz CT molecular complexity index is 342. The lowest BCUT2D eigenvalue weighted by Crippen LogP contribution is -2.38. The van der Waals surface area contributed by atoms with Crippen LogP contribution in [-0.2, 0) is 6.42 Å². The molecular weight excluding hydrogens is 232 g/mol. The number of pyridine rings is 1. The highest BCUT2D eigenvalue weighted by molar-refractivity contribution is 5.08. The average molecular weight is 260 g/mol. The second-order valence-corrected chi connectivity index (χ2v) is 6.08. The first-order chi connectivity index (χ1) is 9.29. The van der Waals surface area contributed by atoms with Crippen molar-refractivity contribution in [1.82, 2.24) is 10.3 Å². The number of hydrogen-bond donors (Lipinski definition) is 1. The summed E-state index contributed by atoms with van der Waals surface area (Å²) in [5, 5.41) is 3.72. The Hall–Kier alpha value is -0.890. The largest absolute Gasteiger partial charge is 0.314 e. The molecule has 0 bridgehead atoms. The van der Waals surface area contributed by atoms with Gasteiger partial charge >= 0.3 is 0 Å². The second-order valence-electron chi connectivity index (χ2n) is 6.08. The van der Waals surface area contributed by atoms with Gasteiger partial charge in [0.25, 0.3) is 0 Å². The summed E-state index contributed by atoms with van der Waals surface area (Å²) < 4.78 is 0. The van der Waals surface area contributed by atoms with Crippen LogP contribution in [0, 0.1) is 11.8 Å². The molecule has 1 atom stereocenters. The number of rotatable bonds is 6. The summed E-state index contributed by atoms with van der Waals surface area (Å²) in [5.74, 6) is 1.82. The van der Waals surface area contributed by atoms with Crippen molar-refractivity contribution in [3.8, 4) is 0 Å². The SMILES string of the molecule is CCNC(CCc1cccnc1)C1CCC(C)CC1. The van der Waals surface area contributed by atoms with Crippen molar-refractivity contribution in [3.05, 3.63) is 30.1 Å². The summed E-state index contributed by atoms with van der Waals surface area (Å²) in [6.45, 7) is 5.71. The van der Waals surface area contributed by atoms with Crippen LogP contribution >= 0.6 is 0 Å². The minimum atomic E-state index is 0.692. The van der Waals surface area contributed by atoms with Crippen LogP contribution in [0.1, 0.15) is 51.5 Å². The summed E-state index contributed by atoms with van der Waals surface area (Å²) in [6.07, 6.45) is 11.9. The van der Waals surface area contributed by atoms with Crippen LogP contribution in [0.15, 0.2) is 24.5 Å². The van der Waals surface area contributed by atoms with Crippen molar-refractivity contribution >= 4 is 0 Å². The molecule has 1 aromatic heterocycles. The second kappa shape index (κ2) is 7.64. The minimum Gasteiger partial charge on any atom is -0.314 e. The van der Waals surface area contributed by atoms with E-state index in [1.165, 1.54) is 37.7 Å². The molecule has 0 amide bonds. The van der Waals surface area contributed by atoms with Gasteiger partial charge in [0.15, 0.2) is 0 Å². The van der Waals surface area contributed by atoms with Gasteiger partial charge in [-0.15, -0.1) is 0 Å². The predicted octanol–water partition coefficient (Wildman–Crippen LogP) is 3.82. The Morgan fingerprint density at radius 3 is 2.74 bits per heavy atom. The molecule has 1 unspecified atom stereocenters. The molecule has 1 aliphatic carbocycles. The van der Waals surface area contributed by atoms with Crippen molar-refractivity contribution in [1.29, 1.82) is 0 Å². The maximum atomic E-state index is 4.21. The summed E-state index contributed by atoms with van der Waals surface area (Å²) >= 11 is 0. The predicted molar refractivity (Wildman–Crippen MR) is 81.1 cm³/mol. The molecule has 2 rings (SSSR count). The zero-order valence-electron chi connectivity index (χ0n) is 12.4. The van der Waals surface area contributed by atoms with Gasteiger partial charge in [-0.05, 0) is 55.7 Å². The van der Waals surface area contributed by atoms with E-state index >= 15 is 0 Å². The molecule has 1 aromatic rings. The summed E-state index contributed by atoms with van der Waals surface area (Å²) in [4.78, 5) is 4.21. The molecule has 0 radical (unpaired) electrons. The van der Waals surface area contributed by atoms with Gasteiger partial charge < -0.3 is 5.32 Å². The number of hydrogen-bond acceptors (Lipinski definition) is 2. The topological polar surface area (TPSA) is 24.9 Å². The van der Waals surface area contributed by atoms with E-state index in [1.807, 2.05) is 18.5 Å². The van der Waals surface area contributed by atoms with Gasteiger partial charge in [0.1, 0.15) is 0 Å². The highest BCUT2D eigenvalue weighted by Crippen LogP contribution is 2.31. The fraction of sp³-hybridized carbons (Fsp3) is 0.706. The Balaban J connectivity index is 1.85. The van der Waals surface area contributed by atoms with Gasteiger partial charge in [-0.1, -0.05) is 32.8 Å². The van der Waals surface area contributed by atoms with E-state index in [0.717, 1.165) is 24.8 Å². The lowest BCUT2D eigenvalue weighted by molar-refractivity contribution is 0.224. The minimum absolute atomic E-state index is 0.692. The first-order valence-corrected chi connectivity index (χ1v) is 7.92. The Kier molecular flexibility index (Phi) is 5.84. The van der Waals surface area contributed by atoms with Crippen molar-refractivity contribution in [2.75, 3.05) is 6.54 Å². The molecule has 1 saturated carbocycles. The number of aryl methyl sites for hydroxylation is 1. The van der Waals surface area contributed by atoms with Crippen LogP contribution in [0.4, 0.5) is 0 Å².